The van der Waals surface area contributed by atoms with Gasteiger partial charge in [-0.2, -0.15) is 0 Å². The molecule has 0 amide bonds. The molecule has 86 valence electrons. The van der Waals surface area contributed by atoms with Crippen LogP contribution in [-0.2, 0) is 0 Å². The van der Waals surface area contributed by atoms with Gasteiger partial charge in [-0.15, -0.1) is 0 Å². The van der Waals surface area contributed by atoms with E-state index in [4.69, 9.17) is 0 Å². The van der Waals surface area contributed by atoms with Crippen molar-refractivity contribution >= 4 is 5.96 Å². The third-order valence-electron chi connectivity index (χ3n) is 3.79. The molecule has 2 rings (SSSR count). The molecule has 1 N–H and O–H groups in total. The van der Waals surface area contributed by atoms with Crippen LogP contribution in [0.5, 0.6) is 0 Å². The van der Waals surface area contributed by atoms with Crippen LogP contribution in [0.2, 0.25) is 0 Å². The summed E-state index contributed by atoms with van der Waals surface area (Å²) in [5, 5.41) is 3.63. The minimum absolute atomic E-state index is 0.657. The van der Waals surface area contributed by atoms with Crippen molar-refractivity contribution in [2.45, 2.75) is 45.1 Å². The van der Waals surface area contributed by atoms with E-state index in [2.05, 4.69) is 22.1 Å². The number of nitrogens with one attached hydrogen (secondary N) is 1. The molecule has 0 spiro atoms. The van der Waals surface area contributed by atoms with Gasteiger partial charge in [0.25, 0.3) is 0 Å². The fourth-order valence-corrected chi connectivity index (χ4v) is 2.75. The molecular formula is C12H23N3. The molecule has 2 aliphatic rings. The summed E-state index contributed by atoms with van der Waals surface area (Å²) in [5.74, 6) is 1.94. The Morgan fingerprint density at radius 2 is 1.93 bits per heavy atom. The van der Waals surface area contributed by atoms with Gasteiger partial charge in [-0.1, -0.05) is 13.3 Å². The third-order valence-corrected chi connectivity index (χ3v) is 3.79. The van der Waals surface area contributed by atoms with E-state index >= 15 is 0 Å². The molecule has 1 aliphatic heterocycles. The molecular weight excluding hydrogens is 186 g/mol. The minimum Gasteiger partial charge on any atom is -0.353 e. The monoisotopic (exact) mass is 209 g/mol. The Balaban J connectivity index is 1.90. The summed E-state index contributed by atoms with van der Waals surface area (Å²) in [4.78, 5) is 6.79. The smallest absolute Gasteiger partial charge is 0.193 e. The van der Waals surface area contributed by atoms with Gasteiger partial charge in [-0.3, -0.25) is 4.99 Å². The fourth-order valence-electron chi connectivity index (χ4n) is 2.75. The highest BCUT2D eigenvalue weighted by Crippen LogP contribution is 2.25. The Hall–Kier alpha value is -0.730. The topological polar surface area (TPSA) is 27.6 Å². The van der Waals surface area contributed by atoms with Crippen LogP contribution < -0.4 is 5.32 Å². The average molecular weight is 209 g/mol. The molecule has 0 radical (unpaired) electrons. The van der Waals surface area contributed by atoms with Crippen LogP contribution in [0.1, 0.15) is 39.0 Å². The highest BCUT2D eigenvalue weighted by atomic mass is 15.3. The Morgan fingerprint density at radius 3 is 2.47 bits per heavy atom. The van der Waals surface area contributed by atoms with Crippen molar-refractivity contribution in [2.24, 2.45) is 10.9 Å². The van der Waals surface area contributed by atoms with Crippen LogP contribution in [0.15, 0.2) is 4.99 Å². The molecule has 15 heavy (non-hydrogen) atoms. The van der Waals surface area contributed by atoms with Gasteiger partial charge in [0.15, 0.2) is 5.96 Å². The Labute approximate surface area is 92.9 Å². The van der Waals surface area contributed by atoms with E-state index in [-0.39, 0.29) is 0 Å². The predicted molar refractivity (Wildman–Crippen MR) is 64.1 cm³/mol. The van der Waals surface area contributed by atoms with Crippen molar-refractivity contribution in [3.8, 4) is 0 Å². The molecule has 2 unspecified atom stereocenters. The molecule has 3 nitrogen and oxygen atoms in total. The molecule has 0 aromatic heterocycles. The number of nitrogens with zero attached hydrogens (tertiary/aromatic N) is 2. The molecule has 3 heteroatoms. The van der Waals surface area contributed by atoms with E-state index in [9.17, 15) is 0 Å². The lowest BCUT2D eigenvalue weighted by atomic mass is 10.1. The standard InChI is InChI=1S/C12H23N3/c1-10-6-5-7-11(10)14-12(13-2)15-8-3-4-9-15/h10-11H,3-9H2,1-2H3,(H,13,14). The predicted octanol–water partition coefficient (Wildman–Crippen LogP) is 1.85. The lowest BCUT2D eigenvalue weighted by Gasteiger charge is -2.26. The molecule has 0 aromatic rings. The molecule has 2 atom stereocenters. The Morgan fingerprint density at radius 1 is 1.20 bits per heavy atom. The number of likely N-dealkylation sites (tertiary alicyclic amines) is 1. The van der Waals surface area contributed by atoms with Gasteiger partial charge in [0, 0.05) is 26.2 Å². The average Bonchev–Trinajstić information content (AvgIpc) is 2.86. The van der Waals surface area contributed by atoms with Crippen molar-refractivity contribution in [2.75, 3.05) is 20.1 Å². The first-order valence-electron chi connectivity index (χ1n) is 6.29. The zero-order chi connectivity index (χ0) is 10.7. The Kier molecular flexibility index (Phi) is 3.49. The maximum atomic E-state index is 4.40. The van der Waals surface area contributed by atoms with Crippen molar-refractivity contribution in [3.63, 3.8) is 0 Å². The third kappa shape index (κ3) is 2.44. The van der Waals surface area contributed by atoms with Gasteiger partial charge < -0.3 is 10.2 Å². The van der Waals surface area contributed by atoms with Crippen LogP contribution >= 0.6 is 0 Å². The van der Waals surface area contributed by atoms with Gasteiger partial charge in [0.05, 0.1) is 0 Å². The van der Waals surface area contributed by atoms with Crippen LogP contribution in [0.25, 0.3) is 0 Å². The maximum absolute atomic E-state index is 4.40. The Bertz CT molecular complexity index is 231. The van der Waals surface area contributed by atoms with Gasteiger partial charge in [-0.05, 0) is 31.6 Å². The SMILES string of the molecule is CN=C(NC1CCCC1C)N1CCCC1. The number of aliphatic imine (C=N–C) groups is 1. The van der Waals surface area contributed by atoms with Crippen molar-refractivity contribution in [1.82, 2.24) is 10.2 Å². The van der Waals surface area contributed by atoms with Crippen LogP contribution in [0.4, 0.5) is 0 Å². The van der Waals surface area contributed by atoms with E-state index in [1.807, 2.05) is 7.05 Å². The van der Waals surface area contributed by atoms with Gasteiger partial charge in [-0.25, -0.2) is 0 Å². The van der Waals surface area contributed by atoms with Gasteiger partial charge >= 0.3 is 0 Å². The maximum Gasteiger partial charge on any atom is 0.193 e. The first-order valence-corrected chi connectivity index (χ1v) is 6.29. The largest absolute Gasteiger partial charge is 0.353 e. The number of rotatable bonds is 1. The highest BCUT2D eigenvalue weighted by molar-refractivity contribution is 5.80. The van der Waals surface area contributed by atoms with Gasteiger partial charge in [0.2, 0.25) is 0 Å². The second-order valence-electron chi connectivity index (χ2n) is 4.90. The highest BCUT2D eigenvalue weighted by Gasteiger charge is 2.26. The van der Waals surface area contributed by atoms with Gasteiger partial charge in [0.1, 0.15) is 0 Å². The van der Waals surface area contributed by atoms with E-state index < -0.39 is 0 Å². The van der Waals surface area contributed by atoms with E-state index in [1.54, 1.807) is 0 Å². The summed E-state index contributed by atoms with van der Waals surface area (Å²) in [7, 11) is 1.90. The van der Waals surface area contributed by atoms with Crippen LogP contribution in [-0.4, -0.2) is 37.0 Å². The van der Waals surface area contributed by atoms with Crippen molar-refractivity contribution in [1.29, 1.82) is 0 Å². The normalized spacial score (nSPS) is 32.4. The minimum atomic E-state index is 0.657. The van der Waals surface area contributed by atoms with E-state index in [0.29, 0.717) is 6.04 Å². The molecule has 1 heterocycles. The summed E-state index contributed by atoms with van der Waals surface area (Å²) in [5.41, 5.74) is 0. The quantitative estimate of drug-likeness (QED) is 0.527. The number of hydrogen-bond donors (Lipinski definition) is 1. The first kappa shape index (κ1) is 10.8. The molecule has 1 saturated carbocycles. The second kappa shape index (κ2) is 4.86. The molecule has 2 fully saturated rings. The molecule has 1 saturated heterocycles. The summed E-state index contributed by atoms with van der Waals surface area (Å²) >= 11 is 0. The zero-order valence-corrected chi connectivity index (χ0v) is 10.00. The van der Waals surface area contributed by atoms with Crippen molar-refractivity contribution in [3.05, 3.63) is 0 Å². The van der Waals surface area contributed by atoms with Crippen LogP contribution in [0, 0.1) is 5.92 Å². The lowest BCUT2D eigenvalue weighted by Crippen LogP contribution is -2.45. The summed E-state index contributed by atoms with van der Waals surface area (Å²) < 4.78 is 0. The molecule has 0 aromatic carbocycles. The fraction of sp³-hybridized carbons (Fsp3) is 0.917. The zero-order valence-electron chi connectivity index (χ0n) is 10.00. The summed E-state index contributed by atoms with van der Waals surface area (Å²) in [6, 6.07) is 0.657. The van der Waals surface area contributed by atoms with E-state index in [1.165, 1.54) is 45.2 Å². The first-order chi connectivity index (χ1) is 7.31. The van der Waals surface area contributed by atoms with E-state index in [0.717, 1.165) is 11.9 Å². The number of hydrogen-bond acceptors (Lipinski definition) is 1. The van der Waals surface area contributed by atoms with Crippen LogP contribution in [0.3, 0.4) is 0 Å². The molecule has 0 bridgehead atoms. The number of guanidine groups is 1. The lowest BCUT2D eigenvalue weighted by molar-refractivity contribution is 0.434. The molecule has 1 aliphatic carbocycles. The summed E-state index contributed by atoms with van der Waals surface area (Å²) in [6.07, 6.45) is 6.69. The van der Waals surface area contributed by atoms with Crippen molar-refractivity contribution < 1.29 is 0 Å². The summed E-state index contributed by atoms with van der Waals surface area (Å²) in [6.45, 7) is 4.71. The second-order valence-corrected chi connectivity index (χ2v) is 4.90.